The monoisotopic (exact) mass is 657 g/mol. The van der Waals surface area contributed by atoms with Crippen molar-refractivity contribution < 1.29 is 55.7 Å². The summed E-state index contributed by atoms with van der Waals surface area (Å²) >= 11 is 0. The molecule has 0 spiro atoms. The van der Waals surface area contributed by atoms with Gasteiger partial charge in [0.15, 0.2) is 17.7 Å². The highest BCUT2D eigenvalue weighted by Crippen LogP contribution is 2.37. The Morgan fingerprint density at radius 2 is 1.17 bits per heavy atom. The zero-order chi connectivity index (χ0) is 34.5. The smallest absolute Gasteiger partial charge is 0.416 e. The van der Waals surface area contributed by atoms with Crippen LogP contribution in [0.4, 0.5) is 26.3 Å². The first-order valence-corrected chi connectivity index (χ1v) is 13.9. The van der Waals surface area contributed by atoms with Gasteiger partial charge < -0.3 is 15.5 Å². The van der Waals surface area contributed by atoms with E-state index in [-0.39, 0.29) is 22.8 Å². The summed E-state index contributed by atoms with van der Waals surface area (Å²) in [6, 6.07) is 20.9. The Labute approximate surface area is 263 Å². The van der Waals surface area contributed by atoms with Crippen LogP contribution in [0.5, 0.6) is 0 Å². The summed E-state index contributed by atoms with van der Waals surface area (Å²) in [6.45, 7) is -0.594. The summed E-state index contributed by atoms with van der Waals surface area (Å²) in [7, 11) is 0. The summed E-state index contributed by atoms with van der Waals surface area (Å²) < 4.78 is 80.8. The Balaban J connectivity index is 1.68. The van der Waals surface area contributed by atoms with Crippen molar-refractivity contribution in [3.63, 3.8) is 0 Å². The lowest BCUT2D eigenvalue weighted by atomic mass is 9.84. The van der Waals surface area contributed by atoms with Gasteiger partial charge in [0.05, 0.1) is 23.6 Å². The molecule has 2 atom stereocenters. The predicted octanol–water partition coefficient (Wildman–Crippen LogP) is 6.81. The fraction of sp³-hybridized carbons (Fsp3) is 0.176. The number of carboxylic acids is 1. The molecule has 47 heavy (non-hydrogen) atoms. The second kappa shape index (κ2) is 14.0. The summed E-state index contributed by atoms with van der Waals surface area (Å²) in [4.78, 5) is 50.2. The van der Waals surface area contributed by atoms with Crippen LogP contribution in [-0.4, -0.2) is 46.3 Å². The SMILES string of the molecule is O=C(CC(C(=O)c1ccc(C(=O)NCC(O)C(=O)O)cc1)c1ccc(-c2ccccc2)cc1)c1cc(C(F)(F)F)cc(C(F)(F)F)c1. The van der Waals surface area contributed by atoms with E-state index in [0.717, 1.165) is 11.1 Å². The van der Waals surface area contributed by atoms with E-state index in [4.69, 9.17) is 5.11 Å². The molecule has 3 N–H and O–H groups in total. The van der Waals surface area contributed by atoms with Crippen LogP contribution in [-0.2, 0) is 17.1 Å². The van der Waals surface area contributed by atoms with E-state index in [1.807, 2.05) is 18.2 Å². The molecule has 0 bridgehead atoms. The molecule has 1 amide bonds. The third-order valence-electron chi connectivity index (χ3n) is 7.21. The lowest BCUT2D eigenvalue weighted by Gasteiger charge is -2.18. The van der Waals surface area contributed by atoms with Crippen LogP contribution in [0.25, 0.3) is 11.1 Å². The largest absolute Gasteiger partial charge is 0.479 e. The minimum Gasteiger partial charge on any atom is -0.479 e. The highest BCUT2D eigenvalue weighted by molar-refractivity contribution is 6.07. The Morgan fingerprint density at radius 1 is 0.660 bits per heavy atom. The van der Waals surface area contributed by atoms with Gasteiger partial charge in [-0.25, -0.2) is 4.79 Å². The van der Waals surface area contributed by atoms with Crippen molar-refractivity contribution in [1.29, 1.82) is 0 Å². The zero-order valence-electron chi connectivity index (χ0n) is 24.1. The number of hydrogen-bond donors (Lipinski definition) is 3. The molecule has 0 aliphatic carbocycles. The predicted molar refractivity (Wildman–Crippen MR) is 157 cm³/mol. The van der Waals surface area contributed by atoms with Crippen LogP contribution in [0.1, 0.15) is 60.1 Å². The average molecular weight is 658 g/mol. The van der Waals surface area contributed by atoms with E-state index in [1.54, 1.807) is 24.3 Å². The normalized spacial score (nSPS) is 13.0. The minimum atomic E-state index is -5.18. The molecule has 0 aliphatic heterocycles. The highest BCUT2D eigenvalue weighted by Gasteiger charge is 2.38. The third-order valence-corrected chi connectivity index (χ3v) is 7.21. The lowest BCUT2D eigenvalue weighted by molar-refractivity contribution is -0.146. The molecular formula is C34H25F6NO6. The van der Waals surface area contributed by atoms with Gasteiger partial charge in [-0.3, -0.25) is 14.4 Å². The van der Waals surface area contributed by atoms with Crippen molar-refractivity contribution in [1.82, 2.24) is 5.32 Å². The Bertz CT molecular complexity index is 1740. The van der Waals surface area contributed by atoms with Gasteiger partial charge in [0, 0.05) is 23.1 Å². The number of nitrogens with one attached hydrogen (secondary N) is 1. The molecule has 13 heteroatoms. The molecule has 0 heterocycles. The molecule has 0 radical (unpaired) electrons. The number of Topliss-reactive ketones (excluding diaryl/α,β-unsaturated/α-hetero) is 2. The number of hydrogen-bond acceptors (Lipinski definition) is 5. The average Bonchev–Trinajstić information content (AvgIpc) is 3.05. The maximum atomic E-state index is 13.8. The molecule has 0 aromatic heterocycles. The van der Waals surface area contributed by atoms with Gasteiger partial charge in [0.25, 0.3) is 5.91 Å². The molecule has 7 nitrogen and oxygen atoms in total. The molecular weight excluding hydrogens is 632 g/mol. The number of aliphatic hydroxyl groups is 1. The fourth-order valence-corrected chi connectivity index (χ4v) is 4.69. The van der Waals surface area contributed by atoms with Gasteiger partial charge in [0.1, 0.15) is 0 Å². The number of benzene rings is 4. The Kier molecular flexibility index (Phi) is 10.3. The van der Waals surface area contributed by atoms with E-state index in [2.05, 4.69) is 5.32 Å². The molecule has 0 fully saturated rings. The third kappa shape index (κ3) is 8.70. The first kappa shape index (κ1) is 34.6. The fourth-order valence-electron chi connectivity index (χ4n) is 4.69. The van der Waals surface area contributed by atoms with E-state index < -0.39 is 77.5 Å². The molecule has 0 aliphatic rings. The van der Waals surface area contributed by atoms with Crippen LogP contribution in [0, 0.1) is 0 Å². The van der Waals surface area contributed by atoms with E-state index in [9.17, 15) is 50.6 Å². The lowest BCUT2D eigenvalue weighted by Crippen LogP contribution is -2.36. The second-order valence-corrected chi connectivity index (χ2v) is 10.5. The molecule has 0 saturated carbocycles. The van der Waals surface area contributed by atoms with Crippen molar-refractivity contribution >= 4 is 23.4 Å². The molecule has 4 aromatic carbocycles. The van der Waals surface area contributed by atoms with E-state index in [0.29, 0.717) is 12.1 Å². The van der Waals surface area contributed by atoms with Crippen molar-refractivity contribution in [3.05, 3.63) is 130 Å². The number of aliphatic hydroxyl groups excluding tert-OH is 1. The number of halogens is 6. The van der Waals surface area contributed by atoms with Gasteiger partial charge in [-0.2, -0.15) is 26.3 Å². The second-order valence-electron chi connectivity index (χ2n) is 10.5. The minimum absolute atomic E-state index is 0.0115. The maximum absolute atomic E-state index is 13.8. The molecule has 0 saturated heterocycles. The van der Waals surface area contributed by atoms with Crippen molar-refractivity contribution in [2.75, 3.05) is 6.54 Å². The quantitative estimate of drug-likeness (QED) is 0.121. The van der Waals surface area contributed by atoms with Gasteiger partial charge >= 0.3 is 18.3 Å². The Morgan fingerprint density at radius 3 is 1.68 bits per heavy atom. The molecule has 2 unspecified atom stereocenters. The molecule has 4 aromatic rings. The number of carbonyl (C=O) groups is 4. The number of carboxylic acid groups (broad SMARTS) is 1. The standard InChI is InChI=1S/C34H25F6NO6/c35-33(36,37)25-14-24(15-26(16-25)34(38,39)40)28(42)17-27(21-8-6-20(7-9-21)19-4-2-1-3-5-19)30(44)22-10-12-23(13-11-22)31(45)41-18-29(43)32(46)47/h1-16,27,29,43H,17-18H2,(H,41,45)(H,46,47). The number of carbonyl (C=O) groups excluding carboxylic acids is 3. The van der Waals surface area contributed by atoms with Crippen molar-refractivity contribution in [2.45, 2.75) is 30.8 Å². The van der Waals surface area contributed by atoms with Crippen LogP contribution >= 0.6 is 0 Å². The highest BCUT2D eigenvalue weighted by atomic mass is 19.4. The van der Waals surface area contributed by atoms with E-state index >= 15 is 0 Å². The number of ketones is 2. The maximum Gasteiger partial charge on any atom is 0.416 e. The van der Waals surface area contributed by atoms with Crippen molar-refractivity contribution in [2.24, 2.45) is 0 Å². The summed E-state index contributed by atoms with van der Waals surface area (Å²) in [5, 5.41) is 20.3. The Hall–Kier alpha value is -5.30. The first-order chi connectivity index (χ1) is 22.0. The number of aliphatic carboxylic acids is 1. The van der Waals surface area contributed by atoms with Gasteiger partial charge in [0.2, 0.25) is 0 Å². The molecule has 4 rings (SSSR count). The van der Waals surface area contributed by atoms with Crippen LogP contribution < -0.4 is 5.32 Å². The van der Waals surface area contributed by atoms with E-state index in [1.165, 1.54) is 36.4 Å². The summed E-state index contributed by atoms with van der Waals surface area (Å²) in [5.74, 6) is -5.51. The van der Waals surface area contributed by atoms with Crippen LogP contribution in [0.2, 0.25) is 0 Å². The topological polar surface area (TPSA) is 121 Å². The van der Waals surface area contributed by atoms with Crippen LogP contribution in [0.15, 0.2) is 97.1 Å². The number of amides is 1. The van der Waals surface area contributed by atoms with Gasteiger partial charge in [-0.1, -0.05) is 66.7 Å². The zero-order valence-corrected chi connectivity index (χ0v) is 24.1. The summed E-state index contributed by atoms with van der Waals surface area (Å²) in [6.07, 6.45) is -13.0. The number of rotatable bonds is 11. The van der Waals surface area contributed by atoms with Gasteiger partial charge in [-0.05, 0) is 47.0 Å². The van der Waals surface area contributed by atoms with Crippen molar-refractivity contribution in [3.8, 4) is 11.1 Å². The molecule has 244 valence electrons. The number of alkyl halides is 6. The van der Waals surface area contributed by atoms with Gasteiger partial charge in [-0.15, -0.1) is 0 Å². The first-order valence-electron chi connectivity index (χ1n) is 13.9. The summed E-state index contributed by atoms with van der Waals surface area (Å²) in [5.41, 5.74) is -2.43. The van der Waals surface area contributed by atoms with Crippen LogP contribution in [0.3, 0.4) is 0 Å².